The van der Waals surface area contributed by atoms with E-state index in [9.17, 15) is 18.0 Å². The molecule has 0 spiro atoms. The largest absolute Gasteiger partial charge is 0.409 e. The Morgan fingerprint density at radius 3 is 2.23 bits per heavy atom. The predicted molar refractivity (Wildman–Crippen MR) is 96.3 cm³/mol. The highest BCUT2D eigenvalue weighted by Gasteiger charge is 2.51. The average Bonchev–Trinajstić information content (AvgIpc) is 2.80. The van der Waals surface area contributed by atoms with Crippen LogP contribution in [0.2, 0.25) is 0 Å². The maximum Gasteiger partial charge on any atom is 0.409 e. The van der Waals surface area contributed by atoms with E-state index in [1.807, 2.05) is 0 Å². The molecule has 0 aliphatic carbocycles. The van der Waals surface area contributed by atoms with Crippen LogP contribution < -0.4 is 5.43 Å². The van der Waals surface area contributed by atoms with E-state index in [1.165, 1.54) is 31.4 Å². The first-order valence-electron chi connectivity index (χ1n) is 9.38. The molecule has 26 heavy (non-hydrogen) atoms. The van der Waals surface area contributed by atoms with Gasteiger partial charge in [-0.15, -0.1) is 0 Å². The summed E-state index contributed by atoms with van der Waals surface area (Å²) in [6.07, 6.45) is 2.24. The van der Waals surface area contributed by atoms with E-state index < -0.39 is 17.6 Å². The minimum Gasteiger partial charge on any atom is -0.287 e. The molecular formula is C20H29F3N2O. The van der Waals surface area contributed by atoms with E-state index in [-0.39, 0.29) is 18.0 Å². The molecule has 1 N–H and O–H groups in total. The van der Waals surface area contributed by atoms with Crippen molar-refractivity contribution in [1.29, 1.82) is 0 Å². The summed E-state index contributed by atoms with van der Waals surface area (Å²) in [5.41, 5.74) is 2.77. The molecule has 0 bridgehead atoms. The highest BCUT2D eigenvalue weighted by molar-refractivity contribution is 5.83. The summed E-state index contributed by atoms with van der Waals surface area (Å²) in [5.74, 6) is -0.379. The standard InChI is InChI=1S/C20H29F3N2O/c1-4-5-6-7-8-9-15-10-12-16(13-11-15)17(20(21,22)23)25-14-19(2,3)18(26)24-25/h10-13,17H,4-9,14H2,1-3H3,(H,24,26). The lowest BCUT2D eigenvalue weighted by Gasteiger charge is -2.30. The van der Waals surface area contributed by atoms with Crippen LogP contribution in [0.25, 0.3) is 0 Å². The molecule has 1 aromatic carbocycles. The number of hydrogen-bond acceptors (Lipinski definition) is 2. The maximum absolute atomic E-state index is 13.7. The monoisotopic (exact) mass is 370 g/mol. The summed E-state index contributed by atoms with van der Waals surface area (Å²) in [5, 5.41) is 1.02. The van der Waals surface area contributed by atoms with Crippen molar-refractivity contribution >= 4 is 5.91 Å². The molecule has 1 saturated heterocycles. The number of carbonyl (C=O) groups is 1. The third-order valence-electron chi connectivity index (χ3n) is 4.91. The molecule has 2 rings (SSSR count). The highest BCUT2D eigenvalue weighted by atomic mass is 19.4. The predicted octanol–water partition coefficient (Wildman–Crippen LogP) is 5.18. The zero-order chi connectivity index (χ0) is 19.4. The number of hydrogen-bond donors (Lipinski definition) is 1. The Labute approximate surface area is 153 Å². The zero-order valence-corrected chi connectivity index (χ0v) is 15.8. The minimum atomic E-state index is -4.46. The fourth-order valence-electron chi connectivity index (χ4n) is 3.32. The lowest BCUT2D eigenvalue weighted by Crippen LogP contribution is -2.43. The van der Waals surface area contributed by atoms with E-state index in [1.54, 1.807) is 26.0 Å². The van der Waals surface area contributed by atoms with Gasteiger partial charge in [0.1, 0.15) is 6.04 Å². The van der Waals surface area contributed by atoms with E-state index in [0.717, 1.165) is 29.8 Å². The van der Waals surface area contributed by atoms with Gasteiger partial charge in [0, 0.05) is 6.54 Å². The summed E-state index contributed by atoms with van der Waals surface area (Å²) in [6.45, 7) is 5.49. The molecule has 1 atom stereocenters. The smallest absolute Gasteiger partial charge is 0.287 e. The fourth-order valence-corrected chi connectivity index (χ4v) is 3.32. The number of benzene rings is 1. The summed E-state index contributed by atoms with van der Waals surface area (Å²) < 4.78 is 41.0. The molecule has 1 aromatic rings. The van der Waals surface area contributed by atoms with Gasteiger partial charge in [-0.05, 0) is 37.8 Å². The number of aryl methyl sites for hydroxylation is 1. The SMILES string of the molecule is CCCCCCCc1ccc(C(N2CC(C)(C)C(=O)N2)C(F)(F)F)cc1. The van der Waals surface area contributed by atoms with Crippen LogP contribution in [0.1, 0.15) is 70.0 Å². The molecule has 6 heteroatoms. The van der Waals surface area contributed by atoms with Gasteiger partial charge in [-0.3, -0.25) is 10.2 Å². The second-order valence-electron chi connectivity index (χ2n) is 7.80. The molecule has 1 heterocycles. The van der Waals surface area contributed by atoms with Crippen LogP contribution >= 0.6 is 0 Å². The number of nitrogens with one attached hydrogen (secondary N) is 1. The van der Waals surface area contributed by atoms with Gasteiger partial charge < -0.3 is 0 Å². The molecule has 1 fully saturated rings. The molecular weight excluding hydrogens is 341 g/mol. The van der Waals surface area contributed by atoms with Crippen molar-refractivity contribution in [3.63, 3.8) is 0 Å². The number of carbonyl (C=O) groups excluding carboxylic acids is 1. The first kappa shape index (κ1) is 20.7. The number of nitrogens with zero attached hydrogens (tertiary/aromatic N) is 1. The van der Waals surface area contributed by atoms with Gasteiger partial charge in [-0.2, -0.15) is 13.2 Å². The Morgan fingerprint density at radius 1 is 1.12 bits per heavy atom. The summed E-state index contributed by atoms with van der Waals surface area (Å²) in [4.78, 5) is 11.9. The number of rotatable bonds is 8. The van der Waals surface area contributed by atoms with Crippen molar-refractivity contribution in [3.05, 3.63) is 35.4 Å². The van der Waals surface area contributed by atoms with Crippen molar-refractivity contribution in [3.8, 4) is 0 Å². The number of unbranched alkanes of at least 4 members (excludes halogenated alkanes) is 4. The van der Waals surface area contributed by atoms with Gasteiger partial charge in [-0.1, -0.05) is 56.9 Å². The van der Waals surface area contributed by atoms with Crippen molar-refractivity contribution in [1.82, 2.24) is 10.4 Å². The Bertz CT molecular complexity index is 596. The topological polar surface area (TPSA) is 32.3 Å². The first-order valence-corrected chi connectivity index (χ1v) is 9.38. The van der Waals surface area contributed by atoms with E-state index >= 15 is 0 Å². The Balaban J connectivity index is 2.06. The van der Waals surface area contributed by atoms with Crippen molar-refractivity contribution in [2.45, 2.75) is 71.5 Å². The lowest BCUT2D eigenvalue weighted by molar-refractivity contribution is -0.191. The highest BCUT2D eigenvalue weighted by Crippen LogP contribution is 2.40. The first-order chi connectivity index (χ1) is 12.1. The van der Waals surface area contributed by atoms with Gasteiger partial charge in [0.2, 0.25) is 5.91 Å². The molecule has 1 amide bonds. The summed E-state index contributed by atoms with van der Waals surface area (Å²) in [7, 11) is 0. The van der Waals surface area contributed by atoms with Crippen LogP contribution in [0.4, 0.5) is 13.2 Å². The van der Waals surface area contributed by atoms with Gasteiger partial charge in [-0.25, -0.2) is 5.01 Å². The Hall–Kier alpha value is -1.56. The third-order valence-corrected chi connectivity index (χ3v) is 4.91. The third kappa shape index (κ3) is 5.22. The van der Waals surface area contributed by atoms with E-state index in [4.69, 9.17) is 0 Å². The minimum absolute atomic E-state index is 0.0230. The van der Waals surface area contributed by atoms with Gasteiger partial charge >= 0.3 is 6.18 Å². The number of amides is 1. The van der Waals surface area contributed by atoms with Crippen LogP contribution in [0.5, 0.6) is 0 Å². The van der Waals surface area contributed by atoms with Crippen LogP contribution in [0.15, 0.2) is 24.3 Å². The van der Waals surface area contributed by atoms with Crippen LogP contribution in [0.3, 0.4) is 0 Å². The molecule has 1 aliphatic rings. The molecule has 0 aromatic heterocycles. The van der Waals surface area contributed by atoms with Crippen molar-refractivity contribution in [2.24, 2.45) is 5.41 Å². The maximum atomic E-state index is 13.7. The summed E-state index contributed by atoms with van der Waals surface area (Å²) in [6, 6.07) is 4.80. The zero-order valence-electron chi connectivity index (χ0n) is 15.8. The fraction of sp³-hybridized carbons (Fsp3) is 0.650. The van der Waals surface area contributed by atoms with Gasteiger partial charge in [0.25, 0.3) is 0 Å². The molecule has 146 valence electrons. The van der Waals surface area contributed by atoms with Gasteiger partial charge in [0.05, 0.1) is 5.41 Å². The second kappa shape index (κ2) is 8.42. The van der Waals surface area contributed by atoms with Crippen LogP contribution in [-0.4, -0.2) is 23.6 Å². The lowest BCUT2D eigenvalue weighted by atomic mass is 9.93. The quantitative estimate of drug-likeness (QED) is 0.640. The van der Waals surface area contributed by atoms with Crippen molar-refractivity contribution in [2.75, 3.05) is 6.54 Å². The van der Waals surface area contributed by atoms with Crippen molar-refractivity contribution < 1.29 is 18.0 Å². The molecule has 1 aliphatic heterocycles. The normalized spacial score (nSPS) is 18.8. The average molecular weight is 370 g/mol. The molecule has 3 nitrogen and oxygen atoms in total. The number of halogens is 3. The Kier molecular flexibility index (Phi) is 6.72. The van der Waals surface area contributed by atoms with Crippen LogP contribution in [-0.2, 0) is 11.2 Å². The van der Waals surface area contributed by atoms with Crippen LogP contribution in [0, 0.1) is 5.41 Å². The van der Waals surface area contributed by atoms with E-state index in [0.29, 0.717) is 0 Å². The molecule has 0 radical (unpaired) electrons. The molecule has 1 unspecified atom stereocenters. The number of hydrazine groups is 1. The van der Waals surface area contributed by atoms with E-state index in [2.05, 4.69) is 12.3 Å². The summed E-state index contributed by atoms with van der Waals surface area (Å²) >= 11 is 0. The number of alkyl halides is 3. The molecule has 0 saturated carbocycles. The second-order valence-corrected chi connectivity index (χ2v) is 7.80. The Morgan fingerprint density at radius 2 is 1.73 bits per heavy atom. The van der Waals surface area contributed by atoms with Gasteiger partial charge in [0.15, 0.2) is 0 Å².